The summed E-state index contributed by atoms with van der Waals surface area (Å²) in [6.07, 6.45) is 1.17. The van der Waals surface area contributed by atoms with Crippen LogP contribution < -0.4 is 10.1 Å². The zero-order valence-electron chi connectivity index (χ0n) is 14.4. The molecule has 0 aliphatic rings. The van der Waals surface area contributed by atoms with E-state index in [1.54, 1.807) is 7.11 Å². The molecule has 3 heteroatoms. The third-order valence-corrected chi connectivity index (χ3v) is 3.58. The Labute approximate surface area is 130 Å². The molecule has 0 radical (unpaired) electrons. The molecule has 1 rings (SSSR count). The van der Waals surface area contributed by atoms with Crippen LogP contribution in [-0.2, 0) is 4.74 Å². The fourth-order valence-corrected chi connectivity index (χ4v) is 2.04. The average Bonchev–Trinajstić information content (AvgIpc) is 2.44. The summed E-state index contributed by atoms with van der Waals surface area (Å²) < 4.78 is 11.3. The maximum absolute atomic E-state index is 6.03. The summed E-state index contributed by atoms with van der Waals surface area (Å²) >= 11 is 0. The summed E-state index contributed by atoms with van der Waals surface area (Å²) in [5.74, 6) is 1.50. The highest BCUT2D eigenvalue weighted by Gasteiger charge is 2.15. The number of methoxy groups -OCH3 is 1. The van der Waals surface area contributed by atoms with E-state index >= 15 is 0 Å². The molecule has 0 fully saturated rings. The van der Waals surface area contributed by atoms with Gasteiger partial charge < -0.3 is 14.8 Å². The van der Waals surface area contributed by atoms with E-state index in [4.69, 9.17) is 9.47 Å². The first-order valence-corrected chi connectivity index (χ1v) is 7.86. The van der Waals surface area contributed by atoms with Gasteiger partial charge in [0.1, 0.15) is 11.9 Å². The standard InChI is InChI=1S/C18H31NO2/c1-7-14(2)15-8-10-16(11-9-15)21-17(13-20-6)12-19-18(3,4)5/h8-11,14,17,19H,7,12-13H2,1-6H3. The molecular formula is C18H31NO2. The first-order chi connectivity index (χ1) is 9.85. The Hall–Kier alpha value is -1.06. The van der Waals surface area contributed by atoms with Gasteiger partial charge in [0.2, 0.25) is 0 Å². The van der Waals surface area contributed by atoms with Crippen molar-refractivity contribution in [3.8, 4) is 5.75 Å². The Bertz CT molecular complexity index is 395. The van der Waals surface area contributed by atoms with Gasteiger partial charge in [-0.05, 0) is 50.8 Å². The molecule has 1 aromatic rings. The van der Waals surface area contributed by atoms with Crippen LogP contribution in [0.25, 0.3) is 0 Å². The molecule has 0 amide bonds. The van der Waals surface area contributed by atoms with Crippen LogP contribution in [0, 0.1) is 0 Å². The number of nitrogens with one attached hydrogen (secondary N) is 1. The molecule has 0 aliphatic heterocycles. The van der Waals surface area contributed by atoms with E-state index in [9.17, 15) is 0 Å². The van der Waals surface area contributed by atoms with Gasteiger partial charge in [-0.2, -0.15) is 0 Å². The summed E-state index contributed by atoms with van der Waals surface area (Å²) in [5.41, 5.74) is 1.44. The smallest absolute Gasteiger partial charge is 0.134 e. The van der Waals surface area contributed by atoms with E-state index in [0.29, 0.717) is 12.5 Å². The quantitative estimate of drug-likeness (QED) is 0.786. The second-order valence-corrected chi connectivity index (χ2v) is 6.70. The molecule has 2 atom stereocenters. The Morgan fingerprint density at radius 3 is 2.24 bits per heavy atom. The van der Waals surface area contributed by atoms with Gasteiger partial charge in [-0.1, -0.05) is 26.0 Å². The molecule has 0 aliphatic carbocycles. The van der Waals surface area contributed by atoms with Crippen LogP contribution in [0.4, 0.5) is 0 Å². The van der Waals surface area contributed by atoms with Gasteiger partial charge >= 0.3 is 0 Å². The Kier molecular flexibility index (Phi) is 7.20. The first-order valence-electron chi connectivity index (χ1n) is 7.86. The number of ether oxygens (including phenoxy) is 2. The van der Waals surface area contributed by atoms with E-state index in [0.717, 1.165) is 18.7 Å². The predicted molar refractivity (Wildman–Crippen MR) is 89.2 cm³/mol. The van der Waals surface area contributed by atoms with Crippen LogP contribution in [-0.4, -0.2) is 31.9 Å². The van der Waals surface area contributed by atoms with Crippen molar-refractivity contribution in [3.05, 3.63) is 29.8 Å². The van der Waals surface area contributed by atoms with E-state index < -0.39 is 0 Å². The lowest BCUT2D eigenvalue weighted by Crippen LogP contribution is -2.44. The molecule has 1 aromatic carbocycles. The van der Waals surface area contributed by atoms with Gasteiger partial charge in [0.25, 0.3) is 0 Å². The lowest BCUT2D eigenvalue weighted by molar-refractivity contribution is 0.0765. The normalized spacial score (nSPS) is 14.8. The summed E-state index contributed by atoms with van der Waals surface area (Å²) in [4.78, 5) is 0. The molecule has 120 valence electrons. The zero-order valence-corrected chi connectivity index (χ0v) is 14.4. The van der Waals surface area contributed by atoms with Gasteiger partial charge in [0.05, 0.1) is 6.61 Å². The van der Waals surface area contributed by atoms with Crippen LogP contribution in [0.1, 0.15) is 52.5 Å². The van der Waals surface area contributed by atoms with E-state index in [-0.39, 0.29) is 11.6 Å². The highest BCUT2D eigenvalue weighted by Crippen LogP contribution is 2.22. The van der Waals surface area contributed by atoms with Gasteiger partial charge in [-0.15, -0.1) is 0 Å². The van der Waals surface area contributed by atoms with E-state index in [1.165, 1.54) is 5.56 Å². The molecular weight excluding hydrogens is 262 g/mol. The van der Waals surface area contributed by atoms with Gasteiger partial charge in [0, 0.05) is 19.2 Å². The number of rotatable bonds is 8. The van der Waals surface area contributed by atoms with Crippen molar-refractivity contribution in [1.29, 1.82) is 0 Å². The molecule has 0 aromatic heterocycles. The summed E-state index contributed by atoms with van der Waals surface area (Å²) in [5, 5.41) is 3.46. The summed E-state index contributed by atoms with van der Waals surface area (Å²) in [7, 11) is 1.71. The van der Waals surface area contributed by atoms with Crippen LogP contribution in [0.15, 0.2) is 24.3 Å². The van der Waals surface area contributed by atoms with Crippen LogP contribution in [0.3, 0.4) is 0 Å². The number of hydrogen-bond acceptors (Lipinski definition) is 3. The first kappa shape index (κ1) is 18.0. The number of benzene rings is 1. The van der Waals surface area contributed by atoms with Gasteiger partial charge in [0.15, 0.2) is 0 Å². The predicted octanol–water partition coefficient (Wildman–Crippen LogP) is 3.98. The number of hydrogen-bond donors (Lipinski definition) is 1. The van der Waals surface area contributed by atoms with Crippen LogP contribution >= 0.6 is 0 Å². The molecule has 0 spiro atoms. The second-order valence-electron chi connectivity index (χ2n) is 6.70. The fraction of sp³-hybridized carbons (Fsp3) is 0.667. The Morgan fingerprint density at radius 1 is 1.14 bits per heavy atom. The largest absolute Gasteiger partial charge is 0.487 e. The van der Waals surface area contributed by atoms with Crippen molar-refractivity contribution in [2.24, 2.45) is 0 Å². The maximum atomic E-state index is 6.03. The minimum atomic E-state index is 0.0173. The lowest BCUT2D eigenvalue weighted by atomic mass is 9.99. The Balaban J connectivity index is 2.62. The van der Waals surface area contributed by atoms with Crippen molar-refractivity contribution in [2.45, 2.75) is 58.6 Å². The molecule has 21 heavy (non-hydrogen) atoms. The summed E-state index contributed by atoms with van der Waals surface area (Å²) in [6.45, 7) is 12.3. The highest BCUT2D eigenvalue weighted by molar-refractivity contribution is 5.29. The topological polar surface area (TPSA) is 30.5 Å². The lowest BCUT2D eigenvalue weighted by Gasteiger charge is -2.25. The van der Waals surface area contributed by atoms with Crippen molar-refractivity contribution in [1.82, 2.24) is 5.32 Å². The SMILES string of the molecule is CCC(C)c1ccc(OC(CNC(C)(C)C)COC)cc1. The second kappa shape index (κ2) is 8.40. The fourth-order valence-electron chi connectivity index (χ4n) is 2.04. The minimum Gasteiger partial charge on any atom is -0.487 e. The van der Waals surface area contributed by atoms with Gasteiger partial charge in [-0.25, -0.2) is 0 Å². The highest BCUT2D eigenvalue weighted by atomic mass is 16.5. The summed E-state index contributed by atoms with van der Waals surface area (Å²) in [6, 6.07) is 8.43. The molecule has 0 saturated heterocycles. The minimum absolute atomic E-state index is 0.0173. The molecule has 3 nitrogen and oxygen atoms in total. The molecule has 0 heterocycles. The Morgan fingerprint density at radius 2 is 1.76 bits per heavy atom. The monoisotopic (exact) mass is 293 g/mol. The van der Waals surface area contributed by atoms with E-state index in [2.05, 4.69) is 64.2 Å². The zero-order chi connectivity index (χ0) is 15.9. The third kappa shape index (κ3) is 6.96. The average molecular weight is 293 g/mol. The van der Waals surface area contributed by atoms with E-state index in [1.807, 2.05) is 0 Å². The van der Waals surface area contributed by atoms with Crippen molar-refractivity contribution in [2.75, 3.05) is 20.3 Å². The third-order valence-electron chi connectivity index (χ3n) is 3.58. The van der Waals surface area contributed by atoms with Crippen LogP contribution in [0.5, 0.6) is 5.75 Å². The molecule has 0 bridgehead atoms. The van der Waals surface area contributed by atoms with Gasteiger partial charge in [-0.3, -0.25) is 0 Å². The molecule has 1 N–H and O–H groups in total. The van der Waals surface area contributed by atoms with Crippen molar-refractivity contribution < 1.29 is 9.47 Å². The van der Waals surface area contributed by atoms with Crippen molar-refractivity contribution in [3.63, 3.8) is 0 Å². The maximum Gasteiger partial charge on any atom is 0.134 e. The van der Waals surface area contributed by atoms with Crippen LogP contribution in [0.2, 0.25) is 0 Å². The van der Waals surface area contributed by atoms with Crippen molar-refractivity contribution >= 4 is 0 Å². The molecule has 2 unspecified atom stereocenters. The molecule has 0 saturated carbocycles.